The molecule has 29 heavy (non-hydrogen) atoms. The van der Waals surface area contributed by atoms with Crippen LogP contribution in [-0.2, 0) is 4.43 Å². The Hall–Kier alpha value is -1.42. The molecule has 1 saturated carbocycles. The minimum absolute atomic E-state index is 0.106. The summed E-state index contributed by atoms with van der Waals surface area (Å²) in [6.07, 6.45) is 8.27. The van der Waals surface area contributed by atoms with Crippen molar-refractivity contribution in [3.63, 3.8) is 0 Å². The van der Waals surface area contributed by atoms with Crippen LogP contribution in [-0.4, -0.2) is 26.9 Å². The van der Waals surface area contributed by atoms with Gasteiger partial charge in [0, 0.05) is 6.61 Å². The molecule has 3 heteroatoms. The molecule has 1 atom stereocenters. The molecule has 0 radical (unpaired) electrons. The van der Waals surface area contributed by atoms with Gasteiger partial charge in [0.15, 0.2) is 0 Å². The third kappa shape index (κ3) is 6.03. The van der Waals surface area contributed by atoms with Gasteiger partial charge in [-0.1, -0.05) is 101 Å². The third-order valence-electron chi connectivity index (χ3n) is 6.44. The van der Waals surface area contributed by atoms with Gasteiger partial charge in [0.2, 0.25) is 9.04 Å². The highest BCUT2D eigenvalue weighted by Crippen LogP contribution is 2.46. The van der Waals surface area contributed by atoms with Gasteiger partial charge in [0.25, 0.3) is 0 Å². The molecule has 1 aliphatic rings. The number of aliphatic hydroxyl groups is 1. The first-order valence-corrected chi connectivity index (χ1v) is 12.9. The van der Waals surface area contributed by atoms with E-state index >= 15 is 0 Å². The van der Waals surface area contributed by atoms with Crippen molar-refractivity contribution in [1.29, 1.82) is 0 Å². The van der Waals surface area contributed by atoms with Gasteiger partial charge in [0.05, 0.1) is 6.10 Å². The minimum atomic E-state index is -1.82. The van der Waals surface area contributed by atoms with E-state index in [4.69, 9.17) is 4.43 Å². The zero-order valence-corrected chi connectivity index (χ0v) is 19.6. The van der Waals surface area contributed by atoms with Gasteiger partial charge in [-0.15, -0.1) is 0 Å². The molecular formula is C26H38O2Si. The highest BCUT2D eigenvalue weighted by atomic mass is 28.3. The Morgan fingerprint density at radius 2 is 1.41 bits per heavy atom. The number of hydrogen-bond donors (Lipinski definition) is 1. The van der Waals surface area contributed by atoms with Crippen LogP contribution in [0.4, 0.5) is 0 Å². The number of hydrogen-bond acceptors (Lipinski definition) is 2. The lowest BCUT2D eigenvalue weighted by Gasteiger charge is -2.47. The average molecular weight is 411 g/mol. The van der Waals surface area contributed by atoms with Gasteiger partial charge in [-0.2, -0.15) is 0 Å². The van der Waals surface area contributed by atoms with E-state index < -0.39 is 9.04 Å². The van der Waals surface area contributed by atoms with Crippen LogP contribution in [0.2, 0.25) is 0 Å². The lowest BCUT2D eigenvalue weighted by molar-refractivity contribution is -0.0252. The standard InChI is InChI=1S/C26H38O2Si/c1-25(2,3)21-24(26(19-20-27)17-11-6-12-18-26)28-29(22-13-7-4-8-14-22)23-15-9-5-10-16-23/h4-5,7-10,13-16,24,27,29H,6,11-12,17-21H2,1-3H3. The molecule has 0 aromatic heterocycles. The van der Waals surface area contributed by atoms with Gasteiger partial charge in [-0.05, 0) is 46.9 Å². The lowest BCUT2D eigenvalue weighted by Crippen LogP contribution is -2.52. The van der Waals surface area contributed by atoms with E-state index in [0.717, 1.165) is 12.8 Å². The molecule has 1 aliphatic carbocycles. The molecule has 0 saturated heterocycles. The molecule has 2 aromatic carbocycles. The molecule has 2 aromatic rings. The monoisotopic (exact) mass is 410 g/mol. The number of benzene rings is 2. The fraction of sp³-hybridized carbons (Fsp3) is 0.538. The quantitative estimate of drug-likeness (QED) is 0.640. The van der Waals surface area contributed by atoms with Crippen LogP contribution < -0.4 is 10.4 Å². The number of aliphatic hydroxyl groups excluding tert-OH is 1. The first-order valence-electron chi connectivity index (χ1n) is 11.3. The molecular weight excluding hydrogens is 372 g/mol. The predicted molar refractivity (Wildman–Crippen MR) is 125 cm³/mol. The van der Waals surface area contributed by atoms with Crippen molar-refractivity contribution in [2.45, 2.75) is 71.8 Å². The van der Waals surface area contributed by atoms with E-state index in [-0.39, 0.29) is 23.5 Å². The molecule has 0 amide bonds. The molecule has 1 unspecified atom stereocenters. The first-order chi connectivity index (χ1) is 13.9. The molecule has 0 heterocycles. The van der Waals surface area contributed by atoms with Gasteiger partial charge in [0.1, 0.15) is 0 Å². The summed E-state index contributed by atoms with van der Waals surface area (Å²) in [6, 6.07) is 21.6. The van der Waals surface area contributed by atoms with E-state index in [1.807, 2.05) is 0 Å². The lowest BCUT2D eigenvalue weighted by atomic mass is 9.65. The molecule has 0 aliphatic heterocycles. The highest BCUT2D eigenvalue weighted by molar-refractivity contribution is 6.80. The van der Waals surface area contributed by atoms with Gasteiger partial charge >= 0.3 is 0 Å². The first kappa shape index (κ1) is 22.3. The fourth-order valence-corrected chi connectivity index (χ4v) is 7.50. The maximum Gasteiger partial charge on any atom is 0.240 e. The van der Waals surface area contributed by atoms with E-state index in [1.54, 1.807) is 0 Å². The second-order valence-corrected chi connectivity index (χ2v) is 12.4. The second-order valence-electron chi connectivity index (χ2n) is 9.99. The summed E-state index contributed by atoms with van der Waals surface area (Å²) in [6.45, 7) is 7.22. The van der Waals surface area contributed by atoms with E-state index in [2.05, 4.69) is 81.4 Å². The maximum absolute atomic E-state index is 9.95. The molecule has 0 spiro atoms. The van der Waals surface area contributed by atoms with Crippen LogP contribution in [0.1, 0.15) is 65.7 Å². The van der Waals surface area contributed by atoms with Gasteiger partial charge < -0.3 is 9.53 Å². The van der Waals surface area contributed by atoms with Crippen molar-refractivity contribution < 1.29 is 9.53 Å². The van der Waals surface area contributed by atoms with Crippen LogP contribution in [0.15, 0.2) is 60.7 Å². The molecule has 3 rings (SSSR count). The Balaban J connectivity index is 1.98. The average Bonchev–Trinajstić information content (AvgIpc) is 2.72. The van der Waals surface area contributed by atoms with Crippen molar-refractivity contribution >= 4 is 19.4 Å². The van der Waals surface area contributed by atoms with Crippen molar-refractivity contribution in [2.24, 2.45) is 10.8 Å². The normalized spacial score (nSPS) is 18.0. The summed E-state index contributed by atoms with van der Waals surface area (Å²) in [5.41, 5.74) is 0.298. The molecule has 0 bridgehead atoms. The minimum Gasteiger partial charge on any atom is -0.407 e. The SMILES string of the molecule is CC(C)(C)CC(O[SiH](c1ccccc1)c1ccccc1)C1(CCO)CCCCC1. The second kappa shape index (κ2) is 10.1. The maximum atomic E-state index is 9.95. The Morgan fingerprint density at radius 1 is 0.897 bits per heavy atom. The third-order valence-corrected chi connectivity index (χ3v) is 9.03. The van der Waals surface area contributed by atoms with E-state index in [1.165, 1.54) is 42.5 Å². The van der Waals surface area contributed by atoms with Crippen molar-refractivity contribution in [3.8, 4) is 0 Å². The number of rotatable bonds is 8. The molecule has 1 N–H and O–H groups in total. The Morgan fingerprint density at radius 3 is 1.86 bits per heavy atom. The molecule has 158 valence electrons. The summed E-state index contributed by atoms with van der Waals surface area (Å²) in [5.74, 6) is 0. The van der Waals surface area contributed by atoms with Crippen LogP contribution in [0.25, 0.3) is 0 Å². The summed E-state index contributed by atoms with van der Waals surface area (Å²) in [5, 5.41) is 12.6. The summed E-state index contributed by atoms with van der Waals surface area (Å²) in [4.78, 5) is 0. The van der Waals surface area contributed by atoms with Gasteiger partial charge in [-0.25, -0.2) is 0 Å². The highest BCUT2D eigenvalue weighted by Gasteiger charge is 2.43. The molecule has 1 fully saturated rings. The summed E-state index contributed by atoms with van der Waals surface area (Å²) >= 11 is 0. The summed E-state index contributed by atoms with van der Waals surface area (Å²) in [7, 11) is -1.82. The Bertz CT molecular complexity index is 672. The molecule has 2 nitrogen and oxygen atoms in total. The van der Waals surface area contributed by atoms with Crippen molar-refractivity contribution in [1.82, 2.24) is 0 Å². The topological polar surface area (TPSA) is 29.5 Å². The Kier molecular flexibility index (Phi) is 7.72. The smallest absolute Gasteiger partial charge is 0.240 e. The Labute approximate surface area is 179 Å². The predicted octanol–water partition coefficient (Wildman–Crippen LogP) is 4.68. The van der Waals surface area contributed by atoms with Gasteiger partial charge in [-0.3, -0.25) is 0 Å². The zero-order chi connectivity index (χ0) is 20.7. The zero-order valence-electron chi connectivity index (χ0n) is 18.4. The summed E-state index contributed by atoms with van der Waals surface area (Å²) < 4.78 is 7.22. The van der Waals surface area contributed by atoms with E-state index in [0.29, 0.717) is 0 Å². The van der Waals surface area contributed by atoms with Crippen LogP contribution in [0.3, 0.4) is 0 Å². The van der Waals surface area contributed by atoms with Crippen LogP contribution in [0, 0.1) is 10.8 Å². The van der Waals surface area contributed by atoms with Crippen LogP contribution in [0.5, 0.6) is 0 Å². The van der Waals surface area contributed by atoms with Crippen LogP contribution >= 0.6 is 0 Å². The van der Waals surface area contributed by atoms with E-state index in [9.17, 15) is 5.11 Å². The van der Waals surface area contributed by atoms with Crippen molar-refractivity contribution in [2.75, 3.05) is 6.61 Å². The largest absolute Gasteiger partial charge is 0.407 e. The fourth-order valence-electron chi connectivity index (χ4n) is 4.95. The van der Waals surface area contributed by atoms with Crippen molar-refractivity contribution in [3.05, 3.63) is 60.7 Å².